The summed E-state index contributed by atoms with van der Waals surface area (Å²) >= 11 is 0. The molecule has 0 N–H and O–H groups in total. The Hall–Kier alpha value is -2.22. The van der Waals surface area contributed by atoms with Crippen LogP contribution in [0.2, 0.25) is 0 Å². The van der Waals surface area contributed by atoms with E-state index >= 15 is 0 Å². The van der Waals surface area contributed by atoms with Gasteiger partial charge in [-0.05, 0) is 30.2 Å². The first-order valence-corrected chi connectivity index (χ1v) is 6.56. The average Bonchev–Trinajstić information content (AvgIpc) is 3.11. The second kappa shape index (κ2) is 5.19. The smallest absolute Gasteiger partial charge is 0.172 e. The molecule has 19 heavy (non-hydrogen) atoms. The summed E-state index contributed by atoms with van der Waals surface area (Å²) in [6.07, 6.45) is 4.43. The zero-order valence-corrected chi connectivity index (χ0v) is 10.9. The van der Waals surface area contributed by atoms with Crippen molar-refractivity contribution in [2.45, 2.75) is 19.3 Å². The summed E-state index contributed by atoms with van der Waals surface area (Å²) in [5.41, 5.74) is 2.49. The predicted octanol–water partition coefficient (Wildman–Crippen LogP) is 5.08. The molecule has 0 saturated carbocycles. The molecule has 1 unspecified atom stereocenters. The van der Waals surface area contributed by atoms with Crippen molar-refractivity contribution < 1.29 is 8.83 Å². The van der Waals surface area contributed by atoms with Crippen LogP contribution in [0.4, 0.5) is 0 Å². The van der Waals surface area contributed by atoms with Crippen LogP contribution in [0.1, 0.15) is 30.4 Å². The van der Waals surface area contributed by atoms with Gasteiger partial charge in [0.25, 0.3) is 0 Å². The van der Waals surface area contributed by atoms with E-state index < -0.39 is 0 Å². The number of furan rings is 2. The molecular weight excluding hydrogens is 236 g/mol. The van der Waals surface area contributed by atoms with Crippen molar-refractivity contribution in [3.05, 3.63) is 72.2 Å². The quantitative estimate of drug-likeness (QED) is 0.647. The first-order valence-electron chi connectivity index (χ1n) is 6.56. The molecule has 0 aliphatic heterocycles. The van der Waals surface area contributed by atoms with Crippen LogP contribution < -0.4 is 0 Å². The van der Waals surface area contributed by atoms with Gasteiger partial charge in [-0.15, -0.1) is 0 Å². The van der Waals surface area contributed by atoms with Crippen LogP contribution in [-0.4, -0.2) is 0 Å². The van der Waals surface area contributed by atoms with E-state index in [-0.39, 0.29) is 0 Å². The Labute approximate surface area is 112 Å². The number of hydrogen-bond acceptors (Lipinski definition) is 2. The average molecular weight is 252 g/mol. The molecule has 3 aromatic rings. The molecule has 0 fully saturated rings. The summed E-state index contributed by atoms with van der Waals surface area (Å²) < 4.78 is 11.1. The molecule has 96 valence electrons. The highest BCUT2D eigenvalue weighted by Crippen LogP contribution is 2.36. The summed E-state index contributed by atoms with van der Waals surface area (Å²) in [6, 6.07) is 16.4. The molecule has 0 aliphatic rings. The monoisotopic (exact) mass is 252 g/mol. The maximum absolute atomic E-state index is 5.62. The lowest BCUT2D eigenvalue weighted by atomic mass is 9.89. The third kappa shape index (κ3) is 2.22. The fourth-order valence-electron chi connectivity index (χ4n) is 2.52. The molecule has 1 atom stereocenters. The van der Waals surface area contributed by atoms with Crippen LogP contribution in [0.5, 0.6) is 0 Å². The third-order valence-electron chi connectivity index (χ3n) is 3.43. The molecule has 2 heterocycles. The highest BCUT2D eigenvalue weighted by molar-refractivity contribution is 5.57. The van der Waals surface area contributed by atoms with Gasteiger partial charge in [0.05, 0.1) is 12.5 Å². The Kier molecular flexibility index (Phi) is 3.23. The van der Waals surface area contributed by atoms with Gasteiger partial charge in [0, 0.05) is 11.5 Å². The number of hydrogen-bond donors (Lipinski definition) is 0. The Balaban J connectivity index is 2.04. The maximum atomic E-state index is 5.62. The van der Waals surface area contributed by atoms with Gasteiger partial charge in [-0.1, -0.05) is 37.3 Å². The molecule has 0 amide bonds. The minimum absolute atomic E-state index is 0.333. The van der Waals surface area contributed by atoms with E-state index in [1.807, 2.05) is 24.3 Å². The SMILES string of the molecule is CCC(c1ccccc1)c1ccoc1-c1ccco1. The van der Waals surface area contributed by atoms with Crippen LogP contribution >= 0.6 is 0 Å². The molecule has 3 rings (SSSR count). The topological polar surface area (TPSA) is 26.3 Å². The minimum Gasteiger partial charge on any atom is -0.461 e. The molecule has 0 bridgehead atoms. The van der Waals surface area contributed by atoms with Crippen molar-refractivity contribution in [2.24, 2.45) is 0 Å². The molecule has 2 aromatic heterocycles. The van der Waals surface area contributed by atoms with Gasteiger partial charge in [0.2, 0.25) is 0 Å². The van der Waals surface area contributed by atoms with Gasteiger partial charge >= 0.3 is 0 Å². The van der Waals surface area contributed by atoms with Crippen LogP contribution in [0.15, 0.2) is 69.9 Å². The summed E-state index contributed by atoms with van der Waals surface area (Å²) in [7, 11) is 0. The lowest BCUT2D eigenvalue weighted by Gasteiger charge is -2.14. The van der Waals surface area contributed by atoms with E-state index in [4.69, 9.17) is 8.83 Å². The molecule has 1 aromatic carbocycles. The highest BCUT2D eigenvalue weighted by atomic mass is 16.4. The Morgan fingerprint density at radius 3 is 2.42 bits per heavy atom. The van der Waals surface area contributed by atoms with Crippen LogP contribution in [0.25, 0.3) is 11.5 Å². The molecule has 0 saturated heterocycles. The van der Waals surface area contributed by atoms with Crippen molar-refractivity contribution in [1.29, 1.82) is 0 Å². The van der Waals surface area contributed by atoms with Crippen LogP contribution in [-0.2, 0) is 0 Å². The summed E-state index contributed by atoms with van der Waals surface area (Å²) in [4.78, 5) is 0. The second-order valence-corrected chi connectivity index (χ2v) is 4.55. The van der Waals surface area contributed by atoms with E-state index in [9.17, 15) is 0 Å². The number of benzene rings is 1. The normalized spacial score (nSPS) is 12.5. The molecule has 0 aliphatic carbocycles. The molecule has 2 nitrogen and oxygen atoms in total. The summed E-state index contributed by atoms with van der Waals surface area (Å²) in [6.45, 7) is 2.19. The summed E-state index contributed by atoms with van der Waals surface area (Å²) in [5.74, 6) is 1.95. The van der Waals surface area contributed by atoms with Gasteiger partial charge in [-0.25, -0.2) is 0 Å². The van der Waals surface area contributed by atoms with Crippen LogP contribution in [0.3, 0.4) is 0 Å². The summed E-state index contributed by atoms with van der Waals surface area (Å²) in [5, 5.41) is 0. The van der Waals surface area contributed by atoms with Gasteiger partial charge in [-0.3, -0.25) is 0 Å². The molecule has 0 radical (unpaired) electrons. The Morgan fingerprint density at radius 2 is 1.74 bits per heavy atom. The maximum Gasteiger partial charge on any atom is 0.172 e. The standard InChI is InChI=1S/C17H16O2/c1-2-14(13-7-4-3-5-8-13)15-10-12-19-17(15)16-9-6-11-18-16/h3-12,14H,2H2,1H3. The zero-order chi connectivity index (χ0) is 13.1. The Morgan fingerprint density at radius 1 is 0.895 bits per heavy atom. The van der Waals surface area contributed by atoms with Crippen molar-refractivity contribution in [3.8, 4) is 11.5 Å². The zero-order valence-electron chi connectivity index (χ0n) is 10.9. The lowest BCUT2D eigenvalue weighted by molar-refractivity contribution is 0.520. The fourth-order valence-corrected chi connectivity index (χ4v) is 2.52. The lowest BCUT2D eigenvalue weighted by Crippen LogP contribution is -1.99. The van der Waals surface area contributed by atoms with Crippen molar-refractivity contribution >= 4 is 0 Å². The van der Waals surface area contributed by atoms with Gasteiger partial charge < -0.3 is 8.83 Å². The minimum atomic E-state index is 0.333. The fraction of sp³-hybridized carbons (Fsp3) is 0.176. The largest absolute Gasteiger partial charge is 0.461 e. The predicted molar refractivity (Wildman–Crippen MR) is 75.0 cm³/mol. The van der Waals surface area contributed by atoms with E-state index in [0.717, 1.165) is 17.9 Å². The van der Waals surface area contributed by atoms with Crippen molar-refractivity contribution in [1.82, 2.24) is 0 Å². The first kappa shape index (κ1) is 11.8. The van der Waals surface area contributed by atoms with E-state index in [1.54, 1.807) is 12.5 Å². The Bertz CT molecular complexity index is 620. The van der Waals surface area contributed by atoms with Gasteiger partial charge in [0.1, 0.15) is 0 Å². The van der Waals surface area contributed by atoms with E-state index in [2.05, 4.69) is 31.2 Å². The first-order chi connectivity index (χ1) is 9.40. The van der Waals surface area contributed by atoms with Crippen molar-refractivity contribution in [3.63, 3.8) is 0 Å². The van der Waals surface area contributed by atoms with Gasteiger partial charge in [0.15, 0.2) is 11.5 Å². The number of rotatable bonds is 4. The molecule has 2 heteroatoms. The molecular formula is C17H16O2. The van der Waals surface area contributed by atoms with Gasteiger partial charge in [-0.2, -0.15) is 0 Å². The third-order valence-corrected chi connectivity index (χ3v) is 3.43. The van der Waals surface area contributed by atoms with Crippen LogP contribution in [0, 0.1) is 0 Å². The van der Waals surface area contributed by atoms with E-state index in [1.165, 1.54) is 11.1 Å². The van der Waals surface area contributed by atoms with Crippen molar-refractivity contribution in [2.75, 3.05) is 0 Å². The molecule has 0 spiro atoms. The second-order valence-electron chi connectivity index (χ2n) is 4.55. The van der Waals surface area contributed by atoms with E-state index in [0.29, 0.717) is 5.92 Å². The highest BCUT2D eigenvalue weighted by Gasteiger charge is 2.20.